The minimum absolute atomic E-state index is 0.253. The van der Waals surface area contributed by atoms with E-state index in [1.807, 2.05) is 0 Å². The molecule has 0 fully saturated rings. The molecule has 0 saturated carbocycles. The van der Waals surface area contributed by atoms with Gasteiger partial charge in [0.1, 0.15) is 0 Å². The maximum Gasteiger partial charge on any atom is 0.335 e. The third-order valence-electron chi connectivity index (χ3n) is 3.16. The monoisotopic (exact) mass is 274 g/mol. The summed E-state index contributed by atoms with van der Waals surface area (Å²) in [6.45, 7) is 2.48. The van der Waals surface area contributed by atoms with Crippen LogP contribution < -0.4 is 5.73 Å². The topological polar surface area (TPSA) is 94.0 Å². The molecule has 0 spiro atoms. The van der Waals surface area contributed by atoms with E-state index in [1.54, 1.807) is 28.9 Å². The summed E-state index contributed by atoms with van der Waals surface area (Å²) >= 11 is 0. The predicted octanol–water partition coefficient (Wildman–Crippen LogP) is 1.77. The van der Waals surface area contributed by atoms with E-state index in [0.29, 0.717) is 6.54 Å². The summed E-state index contributed by atoms with van der Waals surface area (Å²) in [7, 11) is 0. The summed E-state index contributed by atoms with van der Waals surface area (Å²) in [4.78, 5) is 10.9. The van der Waals surface area contributed by atoms with Crippen LogP contribution in [0.2, 0.25) is 0 Å². The maximum absolute atomic E-state index is 10.9. The molecule has 6 nitrogen and oxygen atoms in total. The lowest BCUT2D eigenvalue weighted by atomic mass is 10.1. The SMILES string of the molecule is CCCCc1c(CN)nnn1-c1ccc(C(=O)O)cc1. The minimum atomic E-state index is -0.941. The third kappa shape index (κ3) is 2.85. The van der Waals surface area contributed by atoms with Gasteiger partial charge in [-0.05, 0) is 37.1 Å². The van der Waals surface area contributed by atoms with Crippen molar-refractivity contribution in [3.8, 4) is 5.69 Å². The van der Waals surface area contributed by atoms with Crippen LogP contribution in [0.1, 0.15) is 41.5 Å². The lowest BCUT2D eigenvalue weighted by Gasteiger charge is -2.07. The highest BCUT2D eigenvalue weighted by atomic mass is 16.4. The van der Waals surface area contributed by atoms with Gasteiger partial charge in [-0.15, -0.1) is 5.10 Å². The highest BCUT2D eigenvalue weighted by molar-refractivity contribution is 5.87. The minimum Gasteiger partial charge on any atom is -0.478 e. The van der Waals surface area contributed by atoms with Crippen molar-refractivity contribution in [2.45, 2.75) is 32.7 Å². The Morgan fingerprint density at radius 1 is 1.35 bits per heavy atom. The summed E-state index contributed by atoms with van der Waals surface area (Å²) in [6, 6.07) is 6.58. The Morgan fingerprint density at radius 3 is 2.60 bits per heavy atom. The molecule has 0 saturated heterocycles. The number of aromatic nitrogens is 3. The van der Waals surface area contributed by atoms with E-state index < -0.39 is 5.97 Å². The predicted molar refractivity (Wildman–Crippen MR) is 74.8 cm³/mol. The normalized spacial score (nSPS) is 10.7. The van der Waals surface area contributed by atoms with Crippen LogP contribution in [0.5, 0.6) is 0 Å². The number of carboxylic acid groups (broad SMARTS) is 1. The van der Waals surface area contributed by atoms with Crippen LogP contribution in [0.15, 0.2) is 24.3 Å². The Hall–Kier alpha value is -2.21. The van der Waals surface area contributed by atoms with Gasteiger partial charge in [-0.3, -0.25) is 0 Å². The number of benzene rings is 1. The summed E-state index contributed by atoms with van der Waals surface area (Å²) in [6.07, 6.45) is 2.97. The first-order chi connectivity index (χ1) is 9.67. The van der Waals surface area contributed by atoms with Gasteiger partial charge in [-0.2, -0.15) is 0 Å². The lowest BCUT2D eigenvalue weighted by Crippen LogP contribution is -2.07. The maximum atomic E-state index is 10.9. The molecule has 0 aliphatic carbocycles. The Labute approximate surface area is 117 Å². The third-order valence-corrected chi connectivity index (χ3v) is 3.16. The smallest absolute Gasteiger partial charge is 0.335 e. The number of rotatable bonds is 6. The van der Waals surface area contributed by atoms with E-state index in [4.69, 9.17) is 10.8 Å². The molecule has 0 amide bonds. The van der Waals surface area contributed by atoms with E-state index in [-0.39, 0.29) is 5.56 Å². The molecule has 3 N–H and O–H groups in total. The van der Waals surface area contributed by atoms with E-state index in [9.17, 15) is 4.79 Å². The molecular formula is C14H18N4O2. The summed E-state index contributed by atoms with van der Waals surface area (Å²) in [5.41, 5.74) is 8.53. The highest BCUT2D eigenvalue weighted by Crippen LogP contribution is 2.16. The average Bonchev–Trinajstić information content (AvgIpc) is 2.88. The zero-order valence-corrected chi connectivity index (χ0v) is 11.4. The van der Waals surface area contributed by atoms with Gasteiger partial charge in [0.15, 0.2) is 0 Å². The second kappa shape index (κ2) is 6.29. The molecule has 2 rings (SSSR count). The highest BCUT2D eigenvalue weighted by Gasteiger charge is 2.13. The van der Waals surface area contributed by atoms with Crippen LogP contribution in [-0.2, 0) is 13.0 Å². The van der Waals surface area contributed by atoms with E-state index in [2.05, 4.69) is 17.2 Å². The fourth-order valence-electron chi connectivity index (χ4n) is 2.04. The van der Waals surface area contributed by atoms with Gasteiger partial charge in [0.2, 0.25) is 0 Å². The number of carbonyl (C=O) groups is 1. The van der Waals surface area contributed by atoms with Crippen molar-refractivity contribution in [1.82, 2.24) is 15.0 Å². The van der Waals surface area contributed by atoms with Crippen molar-refractivity contribution in [3.63, 3.8) is 0 Å². The second-order valence-electron chi connectivity index (χ2n) is 4.55. The first kappa shape index (κ1) is 14.2. The molecule has 106 valence electrons. The van der Waals surface area contributed by atoms with Gasteiger partial charge < -0.3 is 10.8 Å². The lowest BCUT2D eigenvalue weighted by molar-refractivity contribution is 0.0697. The van der Waals surface area contributed by atoms with Crippen molar-refractivity contribution >= 4 is 5.97 Å². The van der Waals surface area contributed by atoms with Crippen LogP contribution in [-0.4, -0.2) is 26.1 Å². The van der Waals surface area contributed by atoms with Gasteiger partial charge in [0.05, 0.1) is 22.6 Å². The average molecular weight is 274 g/mol. The van der Waals surface area contributed by atoms with Crippen LogP contribution in [0.3, 0.4) is 0 Å². The molecule has 1 aromatic carbocycles. The number of aromatic carboxylic acids is 1. The van der Waals surface area contributed by atoms with E-state index in [1.165, 1.54) is 0 Å². The van der Waals surface area contributed by atoms with Crippen molar-refractivity contribution < 1.29 is 9.90 Å². The van der Waals surface area contributed by atoms with Gasteiger partial charge in [-0.1, -0.05) is 18.6 Å². The van der Waals surface area contributed by atoms with Crippen molar-refractivity contribution in [3.05, 3.63) is 41.2 Å². The van der Waals surface area contributed by atoms with Crippen LogP contribution >= 0.6 is 0 Å². The summed E-state index contributed by atoms with van der Waals surface area (Å²) < 4.78 is 1.74. The molecule has 0 aliphatic rings. The molecule has 0 unspecified atom stereocenters. The molecule has 6 heteroatoms. The number of hydrogen-bond acceptors (Lipinski definition) is 4. The number of nitrogens with zero attached hydrogens (tertiary/aromatic N) is 3. The first-order valence-corrected chi connectivity index (χ1v) is 6.64. The Balaban J connectivity index is 2.36. The molecule has 1 aromatic heterocycles. The fraction of sp³-hybridized carbons (Fsp3) is 0.357. The molecule has 1 heterocycles. The van der Waals surface area contributed by atoms with Gasteiger partial charge >= 0.3 is 5.97 Å². The number of nitrogens with two attached hydrogens (primary N) is 1. The van der Waals surface area contributed by atoms with Crippen molar-refractivity contribution in [1.29, 1.82) is 0 Å². The largest absolute Gasteiger partial charge is 0.478 e. The standard InChI is InChI=1S/C14H18N4O2/c1-2-3-4-13-12(9-15)16-17-18(13)11-7-5-10(6-8-11)14(19)20/h5-8H,2-4,9,15H2,1H3,(H,19,20). The number of carboxylic acids is 1. The molecule has 2 aromatic rings. The van der Waals surface area contributed by atoms with Crippen LogP contribution in [0, 0.1) is 0 Å². The van der Waals surface area contributed by atoms with Crippen molar-refractivity contribution in [2.24, 2.45) is 5.73 Å². The molecule has 0 aliphatic heterocycles. The quantitative estimate of drug-likeness (QED) is 0.837. The molecule has 20 heavy (non-hydrogen) atoms. The summed E-state index contributed by atoms with van der Waals surface area (Å²) in [5.74, 6) is -0.941. The molecule has 0 atom stereocenters. The van der Waals surface area contributed by atoms with Crippen LogP contribution in [0.4, 0.5) is 0 Å². The second-order valence-corrected chi connectivity index (χ2v) is 4.55. The Kier molecular flexibility index (Phi) is 4.47. The number of hydrogen-bond donors (Lipinski definition) is 2. The van der Waals surface area contributed by atoms with Gasteiger partial charge in [-0.25, -0.2) is 9.48 Å². The first-order valence-electron chi connectivity index (χ1n) is 6.64. The molecule has 0 radical (unpaired) electrons. The van der Waals surface area contributed by atoms with E-state index in [0.717, 1.165) is 36.3 Å². The van der Waals surface area contributed by atoms with E-state index >= 15 is 0 Å². The zero-order valence-electron chi connectivity index (χ0n) is 11.4. The zero-order chi connectivity index (χ0) is 14.5. The van der Waals surface area contributed by atoms with Crippen LogP contribution in [0.25, 0.3) is 5.69 Å². The molecular weight excluding hydrogens is 256 g/mol. The number of unbranched alkanes of at least 4 members (excludes halogenated alkanes) is 1. The Bertz CT molecular complexity index is 590. The molecule has 0 bridgehead atoms. The fourth-order valence-corrected chi connectivity index (χ4v) is 2.04. The van der Waals surface area contributed by atoms with Crippen molar-refractivity contribution in [2.75, 3.05) is 0 Å². The Morgan fingerprint density at radius 2 is 2.05 bits per heavy atom. The summed E-state index contributed by atoms with van der Waals surface area (Å²) in [5, 5.41) is 17.1. The van der Waals surface area contributed by atoms with Gasteiger partial charge in [0, 0.05) is 6.54 Å². The van der Waals surface area contributed by atoms with Gasteiger partial charge in [0.25, 0.3) is 0 Å².